The molecule has 7 heteroatoms. The molecule has 2 aliphatic heterocycles. The van der Waals surface area contributed by atoms with Gasteiger partial charge in [-0.2, -0.15) is 0 Å². The maximum Gasteiger partial charge on any atom is 0.390 e. The highest BCUT2D eigenvalue weighted by atomic mass is 16.4. The van der Waals surface area contributed by atoms with Gasteiger partial charge in [-0.15, -0.1) is 4.68 Å². The largest absolute Gasteiger partial charge is 0.450 e. The van der Waals surface area contributed by atoms with Gasteiger partial charge in [-0.25, -0.2) is 5.90 Å². The van der Waals surface area contributed by atoms with E-state index in [9.17, 15) is 0 Å². The number of allylic oxidation sites excluding steroid dienone is 4. The minimum absolute atomic E-state index is 0.643. The van der Waals surface area contributed by atoms with Crippen molar-refractivity contribution in [1.29, 1.82) is 0 Å². The number of rotatable bonds is 4. The van der Waals surface area contributed by atoms with Crippen LogP contribution in [0.4, 0.5) is 0 Å². The Kier molecular flexibility index (Phi) is 8.21. The summed E-state index contributed by atoms with van der Waals surface area (Å²) in [6.45, 7) is 1.97. The molecule has 2 aromatic carbocycles. The summed E-state index contributed by atoms with van der Waals surface area (Å²) in [5.41, 5.74) is 3.65. The second kappa shape index (κ2) is 11.3. The van der Waals surface area contributed by atoms with Crippen LogP contribution in [0.15, 0.2) is 101 Å². The molecule has 0 amide bonds. The first-order valence-corrected chi connectivity index (χ1v) is 10.6. The van der Waals surface area contributed by atoms with Gasteiger partial charge < -0.3 is 14.7 Å². The van der Waals surface area contributed by atoms with E-state index in [0.29, 0.717) is 5.76 Å². The fourth-order valence-electron chi connectivity index (χ4n) is 4.29. The van der Waals surface area contributed by atoms with Gasteiger partial charge in [-0.05, 0) is 24.7 Å². The summed E-state index contributed by atoms with van der Waals surface area (Å²) in [5.74, 6) is 4.95. The number of aryl methyl sites for hydroxylation is 1. The average molecular weight is 446 g/mol. The Hall–Kier alpha value is -3.65. The molecule has 2 aromatic rings. The molecule has 4 N–H and O–H groups in total. The van der Waals surface area contributed by atoms with Gasteiger partial charge in [0.2, 0.25) is 11.3 Å². The lowest BCUT2D eigenvalue weighted by atomic mass is 9.75. The number of aliphatic hydroxyl groups excluding tert-OH is 1. The van der Waals surface area contributed by atoms with Crippen molar-refractivity contribution in [2.24, 2.45) is 5.90 Å². The minimum Gasteiger partial charge on any atom is -0.450 e. The number of fused-ring (bicyclic) bond motifs is 1. The monoisotopic (exact) mass is 445 g/mol. The molecule has 0 saturated heterocycles. The summed E-state index contributed by atoms with van der Waals surface area (Å²) in [4.78, 5) is 4.67. The van der Waals surface area contributed by atoms with Gasteiger partial charge in [-0.1, -0.05) is 84.0 Å². The third-order valence-electron chi connectivity index (χ3n) is 5.54. The number of aliphatic hydroxyl groups is 1. The Balaban J connectivity index is 0.000000728. The lowest BCUT2D eigenvalue weighted by Gasteiger charge is -2.33. The quantitative estimate of drug-likeness (QED) is 0.326. The van der Waals surface area contributed by atoms with E-state index in [-0.39, 0.29) is 0 Å². The van der Waals surface area contributed by atoms with Crippen molar-refractivity contribution in [3.05, 3.63) is 114 Å². The Morgan fingerprint density at radius 2 is 1.55 bits per heavy atom. The van der Waals surface area contributed by atoms with E-state index < -0.39 is 5.54 Å². The highest BCUT2D eigenvalue weighted by Gasteiger charge is 2.49. The van der Waals surface area contributed by atoms with Gasteiger partial charge in [0.15, 0.2) is 6.20 Å². The van der Waals surface area contributed by atoms with Gasteiger partial charge in [0.1, 0.15) is 12.0 Å². The molecule has 2 heterocycles. The van der Waals surface area contributed by atoms with Gasteiger partial charge in [0.05, 0.1) is 0 Å². The van der Waals surface area contributed by atoms with Crippen LogP contribution in [0.5, 0.6) is 0 Å². The molecule has 0 unspecified atom stereocenters. The van der Waals surface area contributed by atoms with Crippen LogP contribution in [0.3, 0.4) is 0 Å². The molecule has 0 aromatic heterocycles. The predicted octanol–water partition coefficient (Wildman–Crippen LogP) is 3.78. The van der Waals surface area contributed by atoms with Gasteiger partial charge >= 0.3 is 5.82 Å². The van der Waals surface area contributed by atoms with Gasteiger partial charge in [-0.3, -0.25) is 0 Å². The van der Waals surface area contributed by atoms with Crippen LogP contribution in [0.1, 0.15) is 29.7 Å². The van der Waals surface area contributed by atoms with Crippen molar-refractivity contribution < 1.29 is 19.4 Å². The fourth-order valence-corrected chi connectivity index (χ4v) is 4.29. The van der Waals surface area contributed by atoms with Gasteiger partial charge in [0, 0.05) is 23.8 Å². The zero-order valence-corrected chi connectivity index (χ0v) is 18.8. The van der Waals surface area contributed by atoms with Crippen LogP contribution >= 0.6 is 0 Å². The molecular formula is C26H29N4O3+. The van der Waals surface area contributed by atoms with E-state index in [0.717, 1.165) is 42.6 Å². The Labute approximate surface area is 193 Å². The summed E-state index contributed by atoms with van der Waals surface area (Å²) in [6.07, 6.45) is 12.1. The molecule has 7 nitrogen and oxygen atoms in total. The number of hydrogen-bond donors (Lipinski definition) is 3. The molecule has 170 valence electrons. The summed E-state index contributed by atoms with van der Waals surface area (Å²) < 4.78 is 7.83. The summed E-state index contributed by atoms with van der Waals surface area (Å²) >= 11 is 0. The third kappa shape index (κ3) is 4.34. The molecule has 5 rings (SSSR count). The molecule has 0 spiro atoms. The fraction of sp³-hybridized carbons (Fsp3) is 0.192. The smallest absolute Gasteiger partial charge is 0.390 e. The Morgan fingerprint density at radius 1 is 0.939 bits per heavy atom. The van der Waals surface area contributed by atoms with Crippen molar-refractivity contribution in [2.45, 2.75) is 25.3 Å². The van der Waals surface area contributed by atoms with Crippen molar-refractivity contribution in [3.63, 3.8) is 0 Å². The first-order chi connectivity index (χ1) is 16.3. The molecule has 0 atom stereocenters. The molecule has 3 aliphatic rings. The van der Waals surface area contributed by atoms with Crippen molar-refractivity contribution in [1.82, 2.24) is 10.1 Å². The van der Waals surface area contributed by atoms with E-state index in [1.165, 1.54) is 5.57 Å². The van der Waals surface area contributed by atoms with Crippen LogP contribution in [-0.4, -0.2) is 27.5 Å². The van der Waals surface area contributed by atoms with Crippen LogP contribution in [-0.2, 0) is 5.54 Å². The van der Waals surface area contributed by atoms with Crippen molar-refractivity contribution in [2.75, 3.05) is 7.11 Å². The molecule has 0 bridgehead atoms. The van der Waals surface area contributed by atoms with E-state index in [2.05, 4.69) is 77.6 Å². The van der Waals surface area contributed by atoms with E-state index in [1.54, 1.807) is 12.5 Å². The molecule has 1 aliphatic carbocycles. The van der Waals surface area contributed by atoms with Crippen molar-refractivity contribution >= 4 is 0 Å². The summed E-state index contributed by atoms with van der Waals surface area (Å²) in [5, 5.41) is 18.5. The number of nitrogens with two attached hydrogens (primary N) is 1. The lowest BCUT2D eigenvalue weighted by molar-refractivity contribution is -0.777. The topological polar surface area (TPSA) is 109 Å². The van der Waals surface area contributed by atoms with Gasteiger partial charge in [0.25, 0.3) is 0 Å². The van der Waals surface area contributed by atoms with E-state index in [1.807, 2.05) is 23.7 Å². The van der Waals surface area contributed by atoms with Crippen LogP contribution in [0.2, 0.25) is 0 Å². The molecule has 0 fully saturated rings. The second-order valence-electron chi connectivity index (χ2n) is 7.26. The molecule has 0 saturated carbocycles. The lowest BCUT2D eigenvalue weighted by Crippen LogP contribution is -2.61. The number of nitrogens with zero attached hydrogens (tertiary/aromatic N) is 3. The Morgan fingerprint density at radius 3 is 2.09 bits per heavy atom. The number of hydrogen-bond acceptors (Lipinski definition) is 6. The second-order valence-corrected chi connectivity index (χ2v) is 7.26. The minimum atomic E-state index is -0.643. The SMILES string of the molecule is CO.Cc1n[n+](C(C2=CCCC=C2)(c2ccccc2)c2ccccc2)c2nccoc1-2.NO. The molecule has 33 heavy (non-hydrogen) atoms. The Bertz CT molecular complexity index is 1130. The van der Waals surface area contributed by atoms with Crippen LogP contribution in [0, 0.1) is 6.92 Å². The first kappa shape index (κ1) is 24.0. The summed E-state index contributed by atoms with van der Waals surface area (Å²) in [7, 11) is 1.00. The number of aromatic nitrogens is 3. The zero-order chi connectivity index (χ0) is 23.7. The normalized spacial score (nSPS) is 12.8. The highest BCUT2D eigenvalue weighted by molar-refractivity contribution is 5.52. The maximum atomic E-state index is 7.00. The maximum absolute atomic E-state index is 7.00. The standard InChI is InChI=1S/C25H22N3O.CH4O.H3NO/c1-19-23-24(26-17-18-29-23)28(27-19)25(20-11-5-2-6-12-20,21-13-7-3-8-14-21)22-15-9-4-10-16-22;2*1-2/h2-3,5-9,11-18H,4,10H2,1H3;2H,1H3;2H,1H2/q+1;;. The molecular weight excluding hydrogens is 416 g/mol. The van der Waals surface area contributed by atoms with E-state index >= 15 is 0 Å². The van der Waals surface area contributed by atoms with Crippen molar-refractivity contribution in [3.8, 4) is 11.6 Å². The first-order valence-electron chi connectivity index (χ1n) is 10.6. The highest BCUT2D eigenvalue weighted by Crippen LogP contribution is 2.40. The number of benzene rings is 2. The predicted molar refractivity (Wildman–Crippen MR) is 125 cm³/mol. The average Bonchev–Trinajstić information content (AvgIpc) is 3.26. The zero-order valence-electron chi connectivity index (χ0n) is 18.8. The molecule has 0 radical (unpaired) electrons. The van der Waals surface area contributed by atoms with E-state index in [4.69, 9.17) is 19.8 Å². The third-order valence-corrected chi connectivity index (χ3v) is 5.54. The summed E-state index contributed by atoms with van der Waals surface area (Å²) in [6, 6.07) is 21.1. The van der Waals surface area contributed by atoms with Crippen LogP contribution in [0.25, 0.3) is 11.6 Å². The van der Waals surface area contributed by atoms with Crippen LogP contribution < -0.4 is 10.6 Å².